The lowest BCUT2D eigenvalue weighted by molar-refractivity contribution is 0.0517. The van der Waals surface area contributed by atoms with Crippen LogP contribution in [0.2, 0.25) is 0 Å². The number of hydrogen-bond acceptors (Lipinski definition) is 6. The lowest BCUT2D eigenvalue weighted by atomic mass is 10.1. The van der Waals surface area contributed by atoms with Crippen molar-refractivity contribution in [1.82, 2.24) is 4.90 Å². The first kappa shape index (κ1) is 20.6. The first-order chi connectivity index (χ1) is 13.5. The van der Waals surface area contributed by atoms with Crippen molar-refractivity contribution in [2.45, 2.75) is 25.1 Å². The second-order valence-corrected chi connectivity index (χ2v) is 9.32. The van der Waals surface area contributed by atoms with Crippen LogP contribution in [0.25, 0.3) is 0 Å². The topological polar surface area (TPSA) is 76.1 Å². The van der Waals surface area contributed by atoms with E-state index in [9.17, 15) is 13.5 Å². The van der Waals surface area contributed by atoms with Gasteiger partial charge in [-0.1, -0.05) is 42.5 Å². The molecule has 1 aliphatic rings. The summed E-state index contributed by atoms with van der Waals surface area (Å²) in [6.45, 7) is 1.03. The van der Waals surface area contributed by atoms with E-state index in [4.69, 9.17) is 9.47 Å². The fourth-order valence-electron chi connectivity index (χ4n) is 3.47. The molecule has 1 heterocycles. The summed E-state index contributed by atoms with van der Waals surface area (Å²) in [7, 11) is -1.43. The summed E-state index contributed by atoms with van der Waals surface area (Å²) in [5.41, 5.74) is 1.09. The van der Waals surface area contributed by atoms with Gasteiger partial charge in [0.05, 0.1) is 18.6 Å². The summed E-state index contributed by atoms with van der Waals surface area (Å²) >= 11 is 0. The van der Waals surface area contributed by atoms with Crippen molar-refractivity contribution in [3.05, 3.63) is 60.2 Å². The molecule has 1 aliphatic heterocycles. The van der Waals surface area contributed by atoms with Gasteiger partial charge in [0.2, 0.25) is 0 Å². The van der Waals surface area contributed by atoms with Gasteiger partial charge in [0.15, 0.2) is 21.3 Å². The van der Waals surface area contributed by atoms with Crippen LogP contribution in [-0.2, 0) is 16.4 Å². The third kappa shape index (κ3) is 5.70. The van der Waals surface area contributed by atoms with Crippen LogP contribution in [-0.4, -0.2) is 62.3 Å². The molecule has 28 heavy (non-hydrogen) atoms. The molecule has 0 bridgehead atoms. The molecule has 0 spiro atoms. The number of methoxy groups -OCH3 is 1. The van der Waals surface area contributed by atoms with Crippen LogP contribution in [0, 0.1) is 0 Å². The molecular weight excluding hydrogens is 378 g/mol. The first-order valence-electron chi connectivity index (χ1n) is 9.39. The Morgan fingerprint density at radius 3 is 2.43 bits per heavy atom. The predicted molar refractivity (Wildman–Crippen MR) is 108 cm³/mol. The minimum absolute atomic E-state index is 0.0916. The van der Waals surface area contributed by atoms with E-state index in [1.54, 1.807) is 19.2 Å². The zero-order chi connectivity index (χ0) is 20.0. The molecule has 6 nitrogen and oxygen atoms in total. The lowest BCUT2D eigenvalue weighted by Crippen LogP contribution is -2.42. The van der Waals surface area contributed by atoms with Crippen LogP contribution < -0.4 is 9.47 Å². The van der Waals surface area contributed by atoms with Crippen LogP contribution in [0.3, 0.4) is 0 Å². The number of aliphatic hydroxyl groups is 1. The molecule has 0 saturated carbocycles. The quantitative estimate of drug-likeness (QED) is 0.689. The number of ether oxygens (including phenoxy) is 2. The van der Waals surface area contributed by atoms with Crippen molar-refractivity contribution in [2.24, 2.45) is 0 Å². The Hall–Kier alpha value is -2.09. The van der Waals surface area contributed by atoms with E-state index in [0.717, 1.165) is 5.56 Å². The van der Waals surface area contributed by atoms with Crippen molar-refractivity contribution >= 4 is 9.84 Å². The maximum Gasteiger partial charge on any atom is 0.161 e. The Kier molecular flexibility index (Phi) is 6.93. The van der Waals surface area contributed by atoms with Crippen molar-refractivity contribution < 1.29 is 23.0 Å². The molecular formula is C21H27NO5S. The van der Waals surface area contributed by atoms with E-state index in [-0.39, 0.29) is 24.2 Å². The Labute approximate surface area is 166 Å². The zero-order valence-electron chi connectivity index (χ0n) is 16.0. The number of rotatable bonds is 9. The number of hydrogen-bond donors (Lipinski definition) is 1. The van der Waals surface area contributed by atoms with Crippen LogP contribution in [0.1, 0.15) is 12.0 Å². The van der Waals surface area contributed by atoms with Crippen LogP contribution in [0.4, 0.5) is 0 Å². The molecule has 3 rings (SSSR count). The molecule has 1 N–H and O–H groups in total. The van der Waals surface area contributed by atoms with Crippen LogP contribution in [0.5, 0.6) is 11.5 Å². The zero-order valence-corrected chi connectivity index (χ0v) is 16.8. The molecule has 2 aromatic carbocycles. The van der Waals surface area contributed by atoms with Gasteiger partial charge >= 0.3 is 0 Å². The molecule has 2 unspecified atom stereocenters. The van der Waals surface area contributed by atoms with E-state index < -0.39 is 15.9 Å². The average molecular weight is 406 g/mol. The highest BCUT2D eigenvalue weighted by Gasteiger charge is 2.33. The first-order valence-corrected chi connectivity index (χ1v) is 11.2. The van der Waals surface area contributed by atoms with Gasteiger partial charge in [0.1, 0.15) is 12.7 Å². The monoisotopic (exact) mass is 405 g/mol. The number of para-hydroxylation sites is 2. The van der Waals surface area contributed by atoms with Crippen molar-refractivity contribution in [1.29, 1.82) is 0 Å². The highest BCUT2D eigenvalue weighted by atomic mass is 32.2. The summed E-state index contributed by atoms with van der Waals surface area (Å²) in [6.07, 6.45) is -0.160. The minimum Gasteiger partial charge on any atom is -0.493 e. The van der Waals surface area contributed by atoms with Crippen LogP contribution >= 0.6 is 0 Å². The highest BCUT2D eigenvalue weighted by molar-refractivity contribution is 7.91. The van der Waals surface area contributed by atoms with Gasteiger partial charge in [-0.2, -0.15) is 0 Å². The predicted octanol–water partition coefficient (Wildman–Crippen LogP) is 2.12. The fourth-order valence-corrected chi connectivity index (χ4v) is 5.23. The van der Waals surface area contributed by atoms with E-state index in [1.165, 1.54) is 0 Å². The Balaban J connectivity index is 1.64. The number of benzene rings is 2. The standard InChI is InChI=1S/C21H27NO5S/c1-26-20-9-5-6-10-21(20)27-15-19(23)14-22(13-17-7-3-2-4-8-17)18-11-12-28(24,25)16-18/h2-10,18-19,23H,11-16H2,1H3. The number of nitrogens with zero attached hydrogens (tertiary/aromatic N) is 1. The Morgan fingerprint density at radius 2 is 1.79 bits per heavy atom. The number of aliphatic hydroxyl groups excluding tert-OH is 1. The van der Waals surface area contributed by atoms with Gasteiger partial charge in [0.25, 0.3) is 0 Å². The SMILES string of the molecule is COc1ccccc1OCC(O)CN(Cc1ccccc1)C1CCS(=O)(=O)C1. The smallest absolute Gasteiger partial charge is 0.161 e. The van der Waals surface area contributed by atoms with Crippen molar-refractivity contribution in [2.75, 3.05) is 31.8 Å². The largest absolute Gasteiger partial charge is 0.493 e. The van der Waals surface area contributed by atoms with Crippen molar-refractivity contribution in [3.63, 3.8) is 0 Å². The molecule has 1 fully saturated rings. The Morgan fingerprint density at radius 1 is 1.11 bits per heavy atom. The second kappa shape index (κ2) is 9.41. The van der Waals surface area contributed by atoms with Gasteiger partial charge in [-0.05, 0) is 24.1 Å². The summed E-state index contributed by atoms with van der Waals surface area (Å²) < 4.78 is 34.9. The molecule has 1 saturated heterocycles. The summed E-state index contributed by atoms with van der Waals surface area (Å²) in [5.74, 6) is 1.52. The van der Waals surface area contributed by atoms with Gasteiger partial charge in [-0.25, -0.2) is 8.42 Å². The van der Waals surface area contributed by atoms with E-state index in [0.29, 0.717) is 31.0 Å². The normalized spacial score (nSPS) is 19.5. The summed E-state index contributed by atoms with van der Waals surface area (Å²) in [5, 5.41) is 10.6. The van der Waals surface area contributed by atoms with E-state index in [1.807, 2.05) is 42.5 Å². The van der Waals surface area contributed by atoms with Gasteiger partial charge in [-0.15, -0.1) is 0 Å². The fraction of sp³-hybridized carbons (Fsp3) is 0.429. The Bertz CT molecular complexity index is 856. The maximum absolute atomic E-state index is 11.9. The summed E-state index contributed by atoms with van der Waals surface area (Å²) in [6, 6.07) is 17.1. The number of sulfone groups is 1. The van der Waals surface area contributed by atoms with Gasteiger partial charge in [0, 0.05) is 19.1 Å². The van der Waals surface area contributed by atoms with E-state index in [2.05, 4.69) is 4.90 Å². The molecule has 2 atom stereocenters. The van der Waals surface area contributed by atoms with E-state index >= 15 is 0 Å². The summed E-state index contributed by atoms with van der Waals surface area (Å²) in [4.78, 5) is 2.05. The van der Waals surface area contributed by atoms with Crippen LogP contribution in [0.15, 0.2) is 54.6 Å². The molecule has 0 aromatic heterocycles. The third-order valence-electron chi connectivity index (χ3n) is 4.90. The average Bonchev–Trinajstić information content (AvgIpc) is 3.06. The molecule has 0 radical (unpaired) electrons. The second-order valence-electron chi connectivity index (χ2n) is 7.09. The molecule has 0 aliphatic carbocycles. The molecule has 2 aromatic rings. The van der Waals surface area contributed by atoms with Crippen molar-refractivity contribution in [3.8, 4) is 11.5 Å². The minimum atomic E-state index is -3.00. The van der Waals surface area contributed by atoms with Gasteiger partial charge in [-0.3, -0.25) is 4.90 Å². The lowest BCUT2D eigenvalue weighted by Gasteiger charge is -2.30. The maximum atomic E-state index is 11.9. The molecule has 0 amide bonds. The molecule has 7 heteroatoms. The van der Waals surface area contributed by atoms with Gasteiger partial charge < -0.3 is 14.6 Å². The third-order valence-corrected chi connectivity index (χ3v) is 6.65. The highest BCUT2D eigenvalue weighted by Crippen LogP contribution is 2.26. The molecule has 152 valence electrons.